The van der Waals surface area contributed by atoms with Crippen molar-refractivity contribution in [3.05, 3.63) is 34.6 Å². The molecule has 0 aromatic heterocycles. The van der Waals surface area contributed by atoms with Gasteiger partial charge in [-0.2, -0.15) is 0 Å². The molecule has 16 heavy (non-hydrogen) atoms. The summed E-state index contributed by atoms with van der Waals surface area (Å²) in [4.78, 5) is 12.6. The van der Waals surface area contributed by atoms with Crippen molar-refractivity contribution >= 4 is 6.08 Å². The van der Waals surface area contributed by atoms with Crippen molar-refractivity contribution in [1.29, 1.82) is 0 Å². The van der Waals surface area contributed by atoms with Gasteiger partial charge in [-0.3, -0.25) is 0 Å². The Hall–Kier alpha value is -1.75. The lowest BCUT2D eigenvalue weighted by Crippen LogP contribution is -2.08. The molecule has 0 unspecified atom stereocenters. The fourth-order valence-electron chi connectivity index (χ4n) is 1.08. The van der Waals surface area contributed by atoms with E-state index in [1.54, 1.807) is 0 Å². The van der Waals surface area contributed by atoms with Crippen molar-refractivity contribution in [2.75, 3.05) is 6.54 Å². The average Bonchev–Trinajstić information content (AvgIpc) is 2.28. The van der Waals surface area contributed by atoms with Crippen molar-refractivity contribution < 1.29 is 26.7 Å². The Kier molecular flexibility index (Phi) is 3.73. The van der Waals surface area contributed by atoms with Gasteiger partial charge in [0.1, 0.15) is 0 Å². The fraction of sp³-hybridized carbons (Fsp3) is 0.222. The highest BCUT2D eigenvalue weighted by molar-refractivity contribution is 5.33. The van der Waals surface area contributed by atoms with Crippen molar-refractivity contribution in [1.82, 2.24) is 0 Å². The number of nitrogens with zero attached hydrogens (tertiary/aromatic N) is 1. The highest BCUT2D eigenvalue weighted by atomic mass is 19.2. The molecule has 86 valence electrons. The van der Waals surface area contributed by atoms with Crippen LogP contribution >= 0.6 is 0 Å². The molecule has 0 aliphatic heterocycles. The number of aliphatic imine (C=N–C) groups is 1. The molecule has 2 nitrogen and oxygen atoms in total. The molecule has 1 rings (SSSR count). The van der Waals surface area contributed by atoms with Crippen LogP contribution in [-0.2, 0) is 11.2 Å². The summed E-state index contributed by atoms with van der Waals surface area (Å²) in [6, 6.07) is 0. The standard InChI is InChI=1S/C9H4F5NO/c10-5-4(1-2-15-3-16)6(11)8(13)9(14)7(5)12/h1-2H2. The maximum Gasteiger partial charge on any atom is 0.234 e. The van der Waals surface area contributed by atoms with Crippen molar-refractivity contribution in [3.8, 4) is 0 Å². The Morgan fingerprint density at radius 3 is 1.75 bits per heavy atom. The number of rotatable bonds is 3. The molecule has 0 saturated heterocycles. The highest BCUT2D eigenvalue weighted by Crippen LogP contribution is 2.23. The molecule has 0 fully saturated rings. The molecule has 0 heterocycles. The summed E-state index contributed by atoms with van der Waals surface area (Å²) in [7, 11) is 0. The van der Waals surface area contributed by atoms with Crippen LogP contribution < -0.4 is 0 Å². The second-order valence-electron chi connectivity index (χ2n) is 2.77. The van der Waals surface area contributed by atoms with Crippen LogP contribution in [0, 0.1) is 29.1 Å². The average molecular weight is 237 g/mol. The van der Waals surface area contributed by atoms with E-state index in [0.717, 1.165) is 6.08 Å². The molecule has 0 atom stereocenters. The van der Waals surface area contributed by atoms with Gasteiger partial charge >= 0.3 is 0 Å². The molecule has 1 aromatic carbocycles. The lowest BCUT2D eigenvalue weighted by molar-refractivity contribution is 0.370. The quantitative estimate of drug-likeness (QED) is 0.260. The van der Waals surface area contributed by atoms with E-state index in [-0.39, 0.29) is 0 Å². The van der Waals surface area contributed by atoms with Gasteiger partial charge in [0.25, 0.3) is 0 Å². The summed E-state index contributed by atoms with van der Waals surface area (Å²) in [5.74, 6) is -10.0. The molecule has 0 aliphatic rings. The summed E-state index contributed by atoms with van der Waals surface area (Å²) < 4.78 is 63.8. The van der Waals surface area contributed by atoms with E-state index in [1.165, 1.54) is 0 Å². The zero-order chi connectivity index (χ0) is 12.3. The SMILES string of the molecule is O=C=NCCc1c(F)c(F)c(F)c(F)c1F. The van der Waals surface area contributed by atoms with Crippen molar-refractivity contribution in [2.24, 2.45) is 4.99 Å². The smallest absolute Gasteiger partial charge is 0.211 e. The number of carbonyl (C=O) groups excluding carboxylic acids is 1. The van der Waals surface area contributed by atoms with Crippen LogP contribution in [0.2, 0.25) is 0 Å². The summed E-state index contributed by atoms with van der Waals surface area (Å²) >= 11 is 0. The van der Waals surface area contributed by atoms with Crippen LogP contribution in [-0.4, -0.2) is 12.6 Å². The maximum atomic E-state index is 13.0. The predicted molar refractivity (Wildman–Crippen MR) is 42.9 cm³/mol. The molecular weight excluding hydrogens is 233 g/mol. The topological polar surface area (TPSA) is 29.4 Å². The Labute approximate surface area is 86.4 Å². The number of isocyanates is 1. The molecular formula is C9H4F5NO. The van der Waals surface area contributed by atoms with E-state index < -0.39 is 47.6 Å². The first-order valence-electron chi connectivity index (χ1n) is 4.04. The molecule has 7 heteroatoms. The van der Waals surface area contributed by atoms with E-state index in [9.17, 15) is 26.7 Å². The Bertz CT molecular complexity index is 438. The minimum Gasteiger partial charge on any atom is -0.211 e. The van der Waals surface area contributed by atoms with Crippen molar-refractivity contribution in [2.45, 2.75) is 6.42 Å². The van der Waals surface area contributed by atoms with Gasteiger partial charge < -0.3 is 0 Å². The third-order valence-corrected chi connectivity index (χ3v) is 1.84. The third-order valence-electron chi connectivity index (χ3n) is 1.84. The molecule has 1 aromatic rings. The van der Waals surface area contributed by atoms with Gasteiger partial charge in [-0.1, -0.05) is 0 Å². The van der Waals surface area contributed by atoms with Gasteiger partial charge in [-0.15, -0.1) is 0 Å². The van der Waals surface area contributed by atoms with Crippen LogP contribution in [0.25, 0.3) is 0 Å². The van der Waals surface area contributed by atoms with Gasteiger partial charge in [0.15, 0.2) is 23.3 Å². The third kappa shape index (κ3) is 2.09. The van der Waals surface area contributed by atoms with Crippen LogP contribution in [0.4, 0.5) is 22.0 Å². The molecule has 0 saturated carbocycles. The number of halogens is 5. The van der Waals surface area contributed by atoms with Gasteiger partial charge in [-0.25, -0.2) is 31.7 Å². The van der Waals surface area contributed by atoms with Gasteiger partial charge in [0, 0.05) is 5.56 Å². The Morgan fingerprint density at radius 1 is 0.875 bits per heavy atom. The molecule has 0 radical (unpaired) electrons. The molecule has 0 amide bonds. The summed E-state index contributed by atoms with van der Waals surface area (Å²) in [5.41, 5.74) is -0.990. The lowest BCUT2D eigenvalue weighted by Gasteiger charge is -2.06. The highest BCUT2D eigenvalue weighted by Gasteiger charge is 2.24. The minimum atomic E-state index is -2.21. The minimum absolute atomic E-state index is 0.401. The second kappa shape index (κ2) is 4.85. The molecule has 0 aliphatic carbocycles. The fourth-order valence-corrected chi connectivity index (χ4v) is 1.08. The van der Waals surface area contributed by atoms with E-state index in [0.29, 0.717) is 0 Å². The first kappa shape index (κ1) is 12.3. The lowest BCUT2D eigenvalue weighted by atomic mass is 10.1. The van der Waals surface area contributed by atoms with Gasteiger partial charge in [-0.05, 0) is 6.42 Å². The first-order valence-corrected chi connectivity index (χ1v) is 4.04. The van der Waals surface area contributed by atoms with Crippen LogP contribution in [0.3, 0.4) is 0 Å². The number of hydrogen-bond acceptors (Lipinski definition) is 2. The van der Waals surface area contributed by atoms with Gasteiger partial charge in [0.05, 0.1) is 6.54 Å². The van der Waals surface area contributed by atoms with Crippen LogP contribution in [0.5, 0.6) is 0 Å². The van der Waals surface area contributed by atoms with E-state index in [1.807, 2.05) is 0 Å². The summed E-state index contributed by atoms with van der Waals surface area (Å²) in [6.45, 7) is -0.401. The monoisotopic (exact) mass is 237 g/mol. The zero-order valence-corrected chi connectivity index (χ0v) is 7.66. The van der Waals surface area contributed by atoms with E-state index in [4.69, 9.17) is 0 Å². The Balaban J connectivity index is 3.22. The maximum absolute atomic E-state index is 13.0. The van der Waals surface area contributed by atoms with E-state index >= 15 is 0 Å². The summed E-state index contributed by atoms with van der Waals surface area (Å²) in [5, 5.41) is 0. The second-order valence-corrected chi connectivity index (χ2v) is 2.77. The van der Waals surface area contributed by atoms with Crippen LogP contribution in [0.1, 0.15) is 5.56 Å². The zero-order valence-electron chi connectivity index (χ0n) is 7.66. The number of benzene rings is 1. The first-order chi connectivity index (χ1) is 7.50. The normalized spacial score (nSPS) is 10.1. The van der Waals surface area contributed by atoms with Crippen molar-refractivity contribution in [3.63, 3.8) is 0 Å². The summed E-state index contributed by atoms with van der Waals surface area (Å²) in [6.07, 6.45) is 0.518. The van der Waals surface area contributed by atoms with Gasteiger partial charge in [0.2, 0.25) is 11.9 Å². The predicted octanol–water partition coefficient (Wildman–Crippen LogP) is 2.26. The largest absolute Gasteiger partial charge is 0.234 e. The molecule has 0 N–H and O–H groups in total. The molecule has 0 bridgehead atoms. The van der Waals surface area contributed by atoms with E-state index in [2.05, 4.69) is 4.99 Å². The Morgan fingerprint density at radius 2 is 1.31 bits per heavy atom. The molecule has 0 spiro atoms. The van der Waals surface area contributed by atoms with Crippen LogP contribution in [0.15, 0.2) is 4.99 Å². The number of hydrogen-bond donors (Lipinski definition) is 0.